The fourth-order valence-corrected chi connectivity index (χ4v) is 2.59. The summed E-state index contributed by atoms with van der Waals surface area (Å²) in [5.41, 5.74) is 10.8. The molecule has 1 aliphatic heterocycles. The summed E-state index contributed by atoms with van der Waals surface area (Å²) in [6, 6.07) is 10.7. The Bertz CT molecular complexity index is 551. The van der Waals surface area contributed by atoms with Crippen LogP contribution in [-0.2, 0) is 13.0 Å². The molecule has 0 radical (unpaired) electrons. The molecular formula is C15H17N3. The van der Waals surface area contributed by atoms with Gasteiger partial charge in [-0.15, -0.1) is 0 Å². The second-order valence-electron chi connectivity index (χ2n) is 4.73. The number of anilines is 2. The summed E-state index contributed by atoms with van der Waals surface area (Å²) in [5, 5.41) is 0. The second kappa shape index (κ2) is 4.69. The molecule has 1 aliphatic rings. The number of hydrogen-bond donors (Lipinski definition) is 1. The minimum Gasteiger partial charge on any atom is -0.396 e. The topological polar surface area (TPSA) is 42.1 Å². The number of hydrogen-bond acceptors (Lipinski definition) is 3. The van der Waals surface area contributed by atoms with Gasteiger partial charge < -0.3 is 10.6 Å². The van der Waals surface area contributed by atoms with Gasteiger partial charge in [0.2, 0.25) is 0 Å². The van der Waals surface area contributed by atoms with E-state index in [-0.39, 0.29) is 0 Å². The van der Waals surface area contributed by atoms with Crippen molar-refractivity contribution >= 4 is 11.4 Å². The van der Waals surface area contributed by atoms with Crippen LogP contribution in [0.25, 0.3) is 0 Å². The Morgan fingerprint density at radius 2 is 1.94 bits per heavy atom. The Morgan fingerprint density at radius 3 is 2.78 bits per heavy atom. The largest absolute Gasteiger partial charge is 0.396 e. The van der Waals surface area contributed by atoms with Gasteiger partial charge in [0.25, 0.3) is 0 Å². The zero-order chi connectivity index (χ0) is 12.4. The third kappa shape index (κ3) is 2.04. The molecule has 2 N–H and O–H groups in total. The van der Waals surface area contributed by atoms with Crippen molar-refractivity contribution in [3.63, 3.8) is 0 Å². The van der Waals surface area contributed by atoms with Crippen LogP contribution in [-0.4, -0.2) is 11.5 Å². The van der Waals surface area contributed by atoms with Gasteiger partial charge in [0.05, 0.1) is 17.6 Å². The van der Waals surface area contributed by atoms with Gasteiger partial charge in [-0.25, -0.2) is 0 Å². The van der Waals surface area contributed by atoms with E-state index in [0.29, 0.717) is 0 Å². The Labute approximate surface area is 107 Å². The van der Waals surface area contributed by atoms with Crippen molar-refractivity contribution in [3.8, 4) is 0 Å². The zero-order valence-corrected chi connectivity index (χ0v) is 10.3. The number of nitrogen functional groups attached to an aromatic ring is 1. The van der Waals surface area contributed by atoms with Crippen molar-refractivity contribution in [2.24, 2.45) is 0 Å². The van der Waals surface area contributed by atoms with Crippen LogP contribution in [0.5, 0.6) is 0 Å². The molecular weight excluding hydrogens is 222 g/mol. The quantitative estimate of drug-likeness (QED) is 0.831. The molecule has 1 aromatic carbocycles. The summed E-state index contributed by atoms with van der Waals surface area (Å²) in [5.74, 6) is 0. The zero-order valence-electron chi connectivity index (χ0n) is 10.3. The lowest BCUT2D eigenvalue weighted by Crippen LogP contribution is -2.23. The van der Waals surface area contributed by atoms with E-state index >= 15 is 0 Å². The summed E-state index contributed by atoms with van der Waals surface area (Å²) in [7, 11) is 0. The number of nitrogens with two attached hydrogens (primary N) is 1. The molecule has 0 spiro atoms. The molecule has 3 heteroatoms. The normalized spacial score (nSPS) is 15.0. The molecule has 18 heavy (non-hydrogen) atoms. The lowest BCUT2D eigenvalue weighted by atomic mass is 10.0. The van der Waals surface area contributed by atoms with Crippen molar-refractivity contribution in [2.75, 3.05) is 17.2 Å². The number of rotatable bonds is 1. The van der Waals surface area contributed by atoms with Crippen LogP contribution in [0.4, 0.5) is 11.4 Å². The highest BCUT2D eigenvalue weighted by Gasteiger charge is 2.15. The van der Waals surface area contributed by atoms with Gasteiger partial charge in [0.1, 0.15) is 0 Å². The van der Waals surface area contributed by atoms with Crippen molar-refractivity contribution < 1.29 is 0 Å². The smallest absolute Gasteiger partial charge is 0.0738 e. The maximum absolute atomic E-state index is 6.02. The molecule has 3 nitrogen and oxygen atoms in total. The van der Waals surface area contributed by atoms with Crippen LogP contribution in [0.2, 0.25) is 0 Å². The summed E-state index contributed by atoms with van der Waals surface area (Å²) in [6.45, 7) is 1.98. The molecule has 0 saturated heterocycles. The highest BCUT2D eigenvalue weighted by molar-refractivity contribution is 5.66. The first-order valence-corrected chi connectivity index (χ1v) is 6.36. The van der Waals surface area contributed by atoms with E-state index in [1.165, 1.54) is 17.5 Å². The van der Waals surface area contributed by atoms with E-state index in [1.807, 2.05) is 12.3 Å². The molecule has 3 rings (SSSR count). The lowest BCUT2D eigenvalue weighted by molar-refractivity contribution is 0.766. The number of fused-ring (bicyclic) bond motifs is 1. The van der Waals surface area contributed by atoms with Gasteiger partial charge >= 0.3 is 0 Å². The average Bonchev–Trinajstić information content (AvgIpc) is 2.61. The first-order chi connectivity index (χ1) is 8.84. The summed E-state index contributed by atoms with van der Waals surface area (Å²) >= 11 is 0. The minimum absolute atomic E-state index is 0.761. The van der Waals surface area contributed by atoms with Gasteiger partial charge in [-0.2, -0.15) is 0 Å². The van der Waals surface area contributed by atoms with Crippen LogP contribution >= 0.6 is 0 Å². The Kier molecular flexibility index (Phi) is 2.89. The Morgan fingerprint density at radius 1 is 1.11 bits per heavy atom. The number of aromatic nitrogens is 1. The van der Waals surface area contributed by atoms with Crippen molar-refractivity contribution in [1.82, 2.24) is 4.98 Å². The molecule has 1 aromatic heterocycles. The van der Waals surface area contributed by atoms with E-state index < -0.39 is 0 Å². The monoisotopic (exact) mass is 239 g/mol. The molecule has 2 aromatic rings. The first-order valence-electron chi connectivity index (χ1n) is 6.36. The Hall–Kier alpha value is -2.03. The van der Waals surface area contributed by atoms with Gasteiger partial charge in [0, 0.05) is 19.3 Å². The predicted octanol–water partition coefficient (Wildman–Crippen LogP) is 2.62. The molecule has 0 aliphatic carbocycles. The average molecular weight is 239 g/mol. The van der Waals surface area contributed by atoms with Crippen LogP contribution in [0.1, 0.15) is 17.5 Å². The van der Waals surface area contributed by atoms with Gasteiger partial charge in [-0.05, 0) is 30.0 Å². The Balaban J connectivity index is 1.94. The molecule has 2 heterocycles. The molecule has 0 saturated carbocycles. The van der Waals surface area contributed by atoms with Crippen molar-refractivity contribution in [2.45, 2.75) is 19.4 Å². The van der Waals surface area contributed by atoms with Crippen LogP contribution < -0.4 is 10.6 Å². The molecule has 0 atom stereocenters. The molecule has 0 unspecified atom stereocenters. The van der Waals surface area contributed by atoms with Gasteiger partial charge in [-0.1, -0.05) is 24.3 Å². The molecule has 92 valence electrons. The summed E-state index contributed by atoms with van der Waals surface area (Å²) < 4.78 is 0. The van der Waals surface area contributed by atoms with Crippen molar-refractivity contribution in [1.29, 1.82) is 0 Å². The molecule has 0 fully saturated rings. The standard InChI is InChI=1S/C15H17N3/c16-14-10-17-8-7-15(14)18-9-3-6-12-4-1-2-5-13(12)11-18/h1-2,4-5,7-8,10H,3,6,9,11,16H2. The third-order valence-electron chi connectivity index (χ3n) is 3.52. The van der Waals surface area contributed by atoms with Crippen LogP contribution in [0, 0.1) is 0 Å². The van der Waals surface area contributed by atoms with E-state index in [0.717, 1.165) is 30.9 Å². The second-order valence-corrected chi connectivity index (χ2v) is 4.73. The first kappa shape index (κ1) is 11.1. The maximum Gasteiger partial charge on any atom is 0.0738 e. The number of benzene rings is 1. The lowest BCUT2D eigenvalue weighted by Gasteiger charge is -2.24. The predicted molar refractivity (Wildman–Crippen MR) is 74.5 cm³/mol. The van der Waals surface area contributed by atoms with E-state index in [4.69, 9.17) is 5.73 Å². The SMILES string of the molecule is Nc1cnccc1N1CCCc2ccccc2C1. The van der Waals surface area contributed by atoms with E-state index in [9.17, 15) is 0 Å². The van der Waals surface area contributed by atoms with Gasteiger partial charge in [0.15, 0.2) is 0 Å². The van der Waals surface area contributed by atoms with Crippen LogP contribution in [0.3, 0.4) is 0 Å². The third-order valence-corrected chi connectivity index (χ3v) is 3.52. The van der Waals surface area contributed by atoms with Gasteiger partial charge in [-0.3, -0.25) is 4.98 Å². The van der Waals surface area contributed by atoms with Crippen molar-refractivity contribution in [3.05, 3.63) is 53.9 Å². The maximum atomic E-state index is 6.02. The highest BCUT2D eigenvalue weighted by Crippen LogP contribution is 2.27. The summed E-state index contributed by atoms with van der Waals surface area (Å²) in [6.07, 6.45) is 5.85. The fraction of sp³-hybridized carbons (Fsp3) is 0.267. The number of pyridine rings is 1. The van der Waals surface area contributed by atoms with Crippen LogP contribution in [0.15, 0.2) is 42.7 Å². The van der Waals surface area contributed by atoms with E-state index in [2.05, 4.69) is 34.1 Å². The molecule has 0 bridgehead atoms. The summed E-state index contributed by atoms with van der Waals surface area (Å²) in [4.78, 5) is 6.41. The highest BCUT2D eigenvalue weighted by atomic mass is 15.1. The molecule has 0 amide bonds. The number of aryl methyl sites for hydroxylation is 1. The fourth-order valence-electron chi connectivity index (χ4n) is 2.59. The number of nitrogens with zero attached hydrogens (tertiary/aromatic N) is 2. The minimum atomic E-state index is 0.761. The van der Waals surface area contributed by atoms with E-state index in [1.54, 1.807) is 6.20 Å².